The fourth-order valence-electron chi connectivity index (χ4n) is 3.02. The van der Waals surface area contributed by atoms with Crippen molar-refractivity contribution in [3.8, 4) is 0 Å². The smallest absolute Gasteiger partial charge is 0.130 e. The zero-order valence-electron chi connectivity index (χ0n) is 14.8. The van der Waals surface area contributed by atoms with Gasteiger partial charge in [-0.1, -0.05) is 52.9 Å². The molecule has 1 rings (SSSR count). The van der Waals surface area contributed by atoms with E-state index in [1.807, 2.05) is 0 Å². The minimum Gasteiger partial charge on any atom is -0.367 e. The lowest BCUT2D eigenvalue weighted by Gasteiger charge is -2.35. The molecule has 2 nitrogen and oxygen atoms in total. The van der Waals surface area contributed by atoms with Gasteiger partial charge in [0.15, 0.2) is 0 Å². The van der Waals surface area contributed by atoms with E-state index in [4.69, 9.17) is 4.74 Å². The maximum Gasteiger partial charge on any atom is 0.130 e. The van der Waals surface area contributed by atoms with Crippen molar-refractivity contribution in [1.82, 2.24) is 0 Å². The number of hydrogen-bond acceptors (Lipinski definition) is 1. The first-order valence-electron chi connectivity index (χ1n) is 9.41. The van der Waals surface area contributed by atoms with Gasteiger partial charge in [0.2, 0.25) is 0 Å². The maximum absolute atomic E-state index is 5.53. The minimum absolute atomic E-state index is 0.531. The molecule has 1 unspecified atom stereocenters. The van der Waals surface area contributed by atoms with E-state index in [1.165, 1.54) is 81.9 Å². The second kappa shape index (κ2) is 11.3. The Balaban J connectivity index is 2.50. The molecule has 0 N–H and O–H groups in total. The Morgan fingerprint density at radius 2 is 1.52 bits per heavy atom. The average molecular weight is 297 g/mol. The number of hydrogen-bond donors (Lipinski definition) is 0. The molecule has 21 heavy (non-hydrogen) atoms. The molecule has 1 atom stereocenters. The van der Waals surface area contributed by atoms with Crippen molar-refractivity contribution in [2.75, 3.05) is 26.2 Å². The number of nitrogens with zero attached hydrogens (tertiary/aromatic N) is 1. The molecule has 1 fully saturated rings. The van der Waals surface area contributed by atoms with Crippen LogP contribution in [0.3, 0.4) is 0 Å². The fraction of sp³-hybridized carbons (Fsp3) is 0.895. The molecule has 0 bridgehead atoms. The van der Waals surface area contributed by atoms with Gasteiger partial charge in [-0.15, -0.1) is 0 Å². The third-order valence-corrected chi connectivity index (χ3v) is 4.53. The average Bonchev–Trinajstić information content (AvgIpc) is 3.30. The molecule has 0 aromatic heterocycles. The highest BCUT2D eigenvalue weighted by Crippen LogP contribution is 2.21. The lowest BCUT2D eigenvalue weighted by Crippen LogP contribution is -2.47. The van der Waals surface area contributed by atoms with E-state index in [2.05, 4.69) is 33.0 Å². The number of quaternary nitrogens is 1. The van der Waals surface area contributed by atoms with Gasteiger partial charge in [-0.3, -0.25) is 4.48 Å². The van der Waals surface area contributed by atoms with Crippen molar-refractivity contribution in [3.05, 3.63) is 12.3 Å². The first kappa shape index (κ1) is 18.7. The van der Waals surface area contributed by atoms with Crippen molar-refractivity contribution < 1.29 is 9.22 Å². The van der Waals surface area contributed by atoms with Crippen LogP contribution in [0.4, 0.5) is 0 Å². The second-order valence-electron chi connectivity index (χ2n) is 6.74. The standard InChI is InChI=1S/C19H38NO/c1-4-7-10-11-12-13-16-20(14-8-5-2,15-9-6-3)17-19-18-21-19/h13,16,19H,4-12,14-15,17-18H2,1-3H3/q+1/b16-13+. The van der Waals surface area contributed by atoms with Crippen LogP contribution in [0.25, 0.3) is 0 Å². The van der Waals surface area contributed by atoms with Crippen molar-refractivity contribution >= 4 is 0 Å². The predicted octanol–water partition coefficient (Wildman–Crippen LogP) is 5.29. The van der Waals surface area contributed by atoms with Crippen molar-refractivity contribution in [1.29, 1.82) is 0 Å². The van der Waals surface area contributed by atoms with Gasteiger partial charge in [-0.25, -0.2) is 0 Å². The molecule has 0 aliphatic carbocycles. The van der Waals surface area contributed by atoms with Crippen molar-refractivity contribution in [2.24, 2.45) is 0 Å². The van der Waals surface area contributed by atoms with Crippen molar-refractivity contribution in [3.63, 3.8) is 0 Å². The summed E-state index contributed by atoms with van der Waals surface area (Å²) in [6.07, 6.45) is 17.5. The largest absolute Gasteiger partial charge is 0.367 e. The van der Waals surface area contributed by atoms with Crippen LogP contribution in [0.2, 0.25) is 0 Å². The van der Waals surface area contributed by atoms with Gasteiger partial charge < -0.3 is 4.74 Å². The first-order valence-corrected chi connectivity index (χ1v) is 9.41. The van der Waals surface area contributed by atoms with E-state index in [-0.39, 0.29) is 0 Å². The molecule has 1 aliphatic heterocycles. The minimum atomic E-state index is 0.531. The van der Waals surface area contributed by atoms with Gasteiger partial charge in [-0.2, -0.15) is 0 Å². The molecule has 0 aromatic carbocycles. The quantitative estimate of drug-likeness (QED) is 0.241. The van der Waals surface area contributed by atoms with Crippen LogP contribution in [0.1, 0.15) is 78.6 Å². The summed E-state index contributed by atoms with van der Waals surface area (Å²) in [7, 11) is 0. The third-order valence-electron chi connectivity index (χ3n) is 4.53. The molecular formula is C19H38NO+. The summed E-state index contributed by atoms with van der Waals surface area (Å²) in [5.41, 5.74) is 0. The zero-order chi connectivity index (χ0) is 15.4. The normalized spacial score (nSPS) is 18.5. The van der Waals surface area contributed by atoms with Gasteiger partial charge in [-0.05, 0) is 31.8 Å². The highest BCUT2D eigenvalue weighted by molar-refractivity contribution is 4.79. The fourth-order valence-corrected chi connectivity index (χ4v) is 3.02. The molecular weight excluding hydrogens is 258 g/mol. The SMILES string of the molecule is CCCCCC/C=C/[N+](CCCC)(CCCC)CC1CO1. The van der Waals surface area contributed by atoms with E-state index in [9.17, 15) is 0 Å². The van der Waals surface area contributed by atoms with Gasteiger partial charge in [0.25, 0.3) is 0 Å². The lowest BCUT2D eigenvalue weighted by atomic mass is 10.1. The van der Waals surface area contributed by atoms with E-state index in [0.717, 1.165) is 6.61 Å². The van der Waals surface area contributed by atoms with Crippen LogP contribution in [0.15, 0.2) is 12.3 Å². The monoisotopic (exact) mass is 296 g/mol. The third kappa shape index (κ3) is 8.63. The Morgan fingerprint density at radius 3 is 2.05 bits per heavy atom. The first-order chi connectivity index (χ1) is 10.3. The van der Waals surface area contributed by atoms with Crippen LogP contribution >= 0.6 is 0 Å². The summed E-state index contributed by atoms with van der Waals surface area (Å²) in [6, 6.07) is 0. The number of epoxide rings is 1. The highest BCUT2D eigenvalue weighted by Gasteiger charge is 2.35. The predicted molar refractivity (Wildman–Crippen MR) is 92.3 cm³/mol. The van der Waals surface area contributed by atoms with Gasteiger partial charge in [0, 0.05) is 0 Å². The number of ether oxygens (including phenoxy) is 1. The molecule has 0 spiro atoms. The van der Waals surface area contributed by atoms with Gasteiger partial charge in [0.1, 0.15) is 12.6 Å². The molecule has 0 radical (unpaired) electrons. The number of unbranched alkanes of at least 4 members (excludes halogenated alkanes) is 6. The summed E-state index contributed by atoms with van der Waals surface area (Å²) in [6.45, 7) is 11.7. The van der Waals surface area contributed by atoms with Crippen LogP contribution in [0.5, 0.6) is 0 Å². The molecule has 0 saturated carbocycles. The molecule has 1 heterocycles. The number of allylic oxidation sites excluding steroid dienone is 1. The summed E-state index contributed by atoms with van der Waals surface area (Å²) in [5.74, 6) is 0. The molecule has 2 heteroatoms. The van der Waals surface area contributed by atoms with Gasteiger partial charge >= 0.3 is 0 Å². The Labute approximate surface area is 133 Å². The number of rotatable bonds is 14. The van der Waals surface area contributed by atoms with Gasteiger partial charge in [0.05, 0.1) is 25.9 Å². The van der Waals surface area contributed by atoms with E-state index < -0.39 is 0 Å². The van der Waals surface area contributed by atoms with E-state index in [0.29, 0.717) is 6.10 Å². The Kier molecular flexibility index (Phi) is 10.0. The van der Waals surface area contributed by atoms with E-state index in [1.54, 1.807) is 0 Å². The molecule has 0 aromatic rings. The Hall–Kier alpha value is -0.340. The maximum atomic E-state index is 5.53. The van der Waals surface area contributed by atoms with E-state index >= 15 is 0 Å². The molecule has 1 aliphatic rings. The zero-order valence-corrected chi connectivity index (χ0v) is 14.8. The summed E-state index contributed by atoms with van der Waals surface area (Å²) in [4.78, 5) is 0. The van der Waals surface area contributed by atoms with Crippen LogP contribution in [0, 0.1) is 0 Å². The Morgan fingerprint density at radius 1 is 0.905 bits per heavy atom. The second-order valence-corrected chi connectivity index (χ2v) is 6.74. The molecule has 124 valence electrons. The lowest BCUT2D eigenvalue weighted by molar-refractivity contribution is -0.880. The summed E-state index contributed by atoms with van der Waals surface area (Å²) < 4.78 is 6.70. The van der Waals surface area contributed by atoms with Crippen molar-refractivity contribution in [2.45, 2.75) is 84.7 Å². The highest BCUT2D eigenvalue weighted by atomic mass is 16.6. The molecule has 1 saturated heterocycles. The summed E-state index contributed by atoms with van der Waals surface area (Å²) >= 11 is 0. The Bertz CT molecular complexity index is 263. The molecule has 0 amide bonds. The van der Waals surface area contributed by atoms with Crippen LogP contribution in [-0.4, -0.2) is 36.8 Å². The van der Waals surface area contributed by atoms with Crippen LogP contribution < -0.4 is 0 Å². The summed E-state index contributed by atoms with van der Waals surface area (Å²) in [5, 5.41) is 0. The van der Waals surface area contributed by atoms with Crippen LogP contribution in [-0.2, 0) is 4.74 Å². The topological polar surface area (TPSA) is 12.5 Å².